The summed E-state index contributed by atoms with van der Waals surface area (Å²) < 4.78 is 0. The molecule has 0 spiro atoms. The molecule has 0 atom stereocenters. The minimum absolute atomic E-state index is 0.0265. The standard InChI is InChI=1S/C13H20N2OS/c1-4-10-5-6-11(17-10)12(16)15-8-7-14-13(2,3)9-15/h5-6,14H,4,7-9H2,1-3H3. The van der Waals surface area contributed by atoms with Crippen molar-refractivity contribution in [1.82, 2.24) is 10.2 Å². The summed E-state index contributed by atoms with van der Waals surface area (Å²) in [6.07, 6.45) is 1.00. The Morgan fingerprint density at radius 1 is 1.53 bits per heavy atom. The second-order valence-electron chi connectivity index (χ2n) is 5.16. The Balaban J connectivity index is 2.09. The van der Waals surface area contributed by atoms with Crippen molar-refractivity contribution in [2.75, 3.05) is 19.6 Å². The lowest BCUT2D eigenvalue weighted by Crippen LogP contribution is -2.58. The molecule has 1 aliphatic heterocycles. The van der Waals surface area contributed by atoms with E-state index in [0.717, 1.165) is 30.9 Å². The van der Waals surface area contributed by atoms with Gasteiger partial charge in [-0.15, -0.1) is 11.3 Å². The van der Waals surface area contributed by atoms with Crippen LogP contribution in [-0.4, -0.2) is 36.0 Å². The van der Waals surface area contributed by atoms with Crippen LogP contribution in [0, 0.1) is 0 Å². The van der Waals surface area contributed by atoms with E-state index in [1.165, 1.54) is 4.88 Å². The summed E-state index contributed by atoms with van der Waals surface area (Å²) in [7, 11) is 0. The average Bonchev–Trinajstić information content (AvgIpc) is 2.75. The molecule has 0 unspecified atom stereocenters. The van der Waals surface area contributed by atoms with E-state index in [9.17, 15) is 4.79 Å². The molecule has 4 heteroatoms. The Morgan fingerprint density at radius 3 is 2.88 bits per heavy atom. The van der Waals surface area contributed by atoms with Gasteiger partial charge in [0.2, 0.25) is 0 Å². The normalized spacial score (nSPS) is 19.4. The molecule has 1 aromatic heterocycles. The van der Waals surface area contributed by atoms with E-state index in [2.05, 4.69) is 32.2 Å². The molecular formula is C13H20N2OS. The van der Waals surface area contributed by atoms with Crippen molar-refractivity contribution >= 4 is 17.2 Å². The molecule has 17 heavy (non-hydrogen) atoms. The highest BCUT2D eigenvalue weighted by molar-refractivity contribution is 7.14. The lowest BCUT2D eigenvalue weighted by molar-refractivity contribution is 0.0657. The lowest BCUT2D eigenvalue weighted by Gasteiger charge is -2.38. The first-order valence-corrected chi connectivity index (χ1v) is 6.96. The summed E-state index contributed by atoms with van der Waals surface area (Å²) in [4.78, 5) is 16.4. The highest BCUT2D eigenvalue weighted by Crippen LogP contribution is 2.20. The summed E-state index contributed by atoms with van der Waals surface area (Å²) in [5.74, 6) is 0.185. The molecule has 1 amide bonds. The van der Waals surface area contributed by atoms with Gasteiger partial charge in [-0.05, 0) is 32.4 Å². The van der Waals surface area contributed by atoms with E-state index in [-0.39, 0.29) is 11.4 Å². The minimum Gasteiger partial charge on any atom is -0.335 e. The van der Waals surface area contributed by atoms with Crippen LogP contribution < -0.4 is 5.32 Å². The summed E-state index contributed by atoms with van der Waals surface area (Å²) in [5.41, 5.74) is 0.0265. The minimum atomic E-state index is 0.0265. The smallest absolute Gasteiger partial charge is 0.264 e. The Morgan fingerprint density at radius 2 is 2.29 bits per heavy atom. The Kier molecular flexibility index (Phi) is 3.54. The van der Waals surface area contributed by atoms with Crippen molar-refractivity contribution in [2.24, 2.45) is 0 Å². The van der Waals surface area contributed by atoms with Crippen LogP contribution >= 0.6 is 11.3 Å². The van der Waals surface area contributed by atoms with Crippen molar-refractivity contribution in [2.45, 2.75) is 32.7 Å². The van der Waals surface area contributed by atoms with E-state index < -0.39 is 0 Å². The van der Waals surface area contributed by atoms with Crippen LogP contribution in [0.3, 0.4) is 0 Å². The molecule has 0 saturated carbocycles. The van der Waals surface area contributed by atoms with Crippen LogP contribution in [-0.2, 0) is 6.42 Å². The van der Waals surface area contributed by atoms with Crippen LogP contribution in [0.2, 0.25) is 0 Å². The van der Waals surface area contributed by atoms with Gasteiger partial charge in [0.05, 0.1) is 4.88 Å². The van der Waals surface area contributed by atoms with Crippen LogP contribution in [0.1, 0.15) is 35.3 Å². The van der Waals surface area contributed by atoms with Gasteiger partial charge < -0.3 is 10.2 Å². The molecule has 3 nitrogen and oxygen atoms in total. The highest BCUT2D eigenvalue weighted by atomic mass is 32.1. The zero-order valence-electron chi connectivity index (χ0n) is 10.7. The van der Waals surface area contributed by atoms with Crippen LogP contribution in [0.4, 0.5) is 0 Å². The fraction of sp³-hybridized carbons (Fsp3) is 0.615. The molecule has 94 valence electrons. The Labute approximate surface area is 107 Å². The predicted molar refractivity (Wildman–Crippen MR) is 71.7 cm³/mol. The third-order valence-corrected chi connectivity index (χ3v) is 4.30. The average molecular weight is 252 g/mol. The molecule has 2 rings (SSSR count). The quantitative estimate of drug-likeness (QED) is 0.874. The van der Waals surface area contributed by atoms with Gasteiger partial charge in [-0.1, -0.05) is 6.92 Å². The number of nitrogens with zero attached hydrogens (tertiary/aromatic N) is 1. The number of hydrogen-bond acceptors (Lipinski definition) is 3. The molecule has 0 aromatic carbocycles. The first-order valence-electron chi connectivity index (χ1n) is 6.15. The van der Waals surface area contributed by atoms with Gasteiger partial charge in [0.1, 0.15) is 0 Å². The number of amides is 1. The van der Waals surface area contributed by atoms with Gasteiger partial charge in [-0.3, -0.25) is 4.79 Å². The van der Waals surface area contributed by atoms with Crippen molar-refractivity contribution in [3.8, 4) is 0 Å². The summed E-state index contributed by atoms with van der Waals surface area (Å²) in [6.45, 7) is 8.86. The maximum Gasteiger partial charge on any atom is 0.264 e. The third-order valence-electron chi connectivity index (χ3n) is 3.08. The zero-order valence-corrected chi connectivity index (χ0v) is 11.6. The van der Waals surface area contributed by atoms with E-state index >= 15 is 0 Å². The van der Waals surface area contributed by atoms with Crippen molar-refractivity contribution in [3.05, 3.63) is 21.9 Å². The highest BCUT2D eigenvalue weighted by Gasteiger charge is 2.29. The van der Waals surface area contributed by atoms with Crippen LogP contribution in [0.5, 0.6) is 0 Å². The molecule has 0 radical (unpaired) electrons. The number of piperazine rings is 1. The molecule has 2 heterocycles. The van der Waals surface area contributed by atoms with E-state index in [1.54, 1.807) is 11.3 Å². The van der Waals surface area contributed by atoms with Crippen LogP contribution in [0.25, 0.3) is 0 Å². The first kappa shape index (κ1) is 12.6. The zero-order chi connectivity index (χ0) is 12.5. The van der Waals surface area contributed by atoms with E-state index in [4.69, 9.17) is 0 Å². The maximum atomic E-state index is 12.3. The lowest BCUT2D eigenvalue weighted by atomic mass is 10.0. The third kappa shape index (κ3) is 2.87. The Hall–Kier alpha value is -0.870. The van der Waals surface area contributed by atoms with Crippen LogP contribution in [0.15, 0.2) is 12.1 Å². The number of hydrogen-bond donors (Lipinski definition) is 1. The van der Waals surface area contributed by atoms with Gasteiger partial charge in [-0.25, -0.2) is 0 Å². The molecule has 1 aromatic rings. The Bertz CT molecular complexity index is 411. The summed E-state index contributed by atoms with van der Waals surface area (Å²) in [6, 6.07) is 4.02. The molecule has 0 aliphatic carbocycles. The molecular weight excluding hydrogens is 232 g/mol. The molecule has 1 aliphatic rings. The second kappa shape index (κ2) is 4.78. The number of carbonyl (C=O) groups is 1. The fourth-order valence-corrected chi connectivity index (χ4v) is 3.07. The number of thiophene rings is 1. The van der Waals surface area contributed by atoms with E-state index in [0.29, 0.717) is 0 Å². The van der Waals surface area contributed by atoms with Gasteiger partial charge in [0.15, 0.2) is 0 Å². The second-order valence-corrected chi connectivity index (χ2v) is 6.33. The molecule has 1 fully saturated rings. The molecule has 1 N–H and O–H groups in total. The van der Waals surface area contributed by atoms with Gasteiger partial charge >= 0.3 is 0 Å². The largest absolute Gasteiger partial charge is 0.335 e. The molecule has 1 saturated heterocycles. The van der Waals surface area contributed by atoms with Gasteiger partial charge in [-0.2, -0.15) is 0 Å². The number of nitrogens with one attached hydrogen (secondary N) is 1. The van der Waals surface area contributed by atoms with Crippen molar-refractivity contribution in [1.29, 1.82) is 0 Å². The SMILES string of the molecule is CCc1ccc(C(=O)N2CCNC(C)(C)C2)s1. The van der Waals surface area contributed by atoms with E-state index in [1.807, 2.05) is 11.0 Å². The summed E-state index contributed by atoms with van der Waals surface area (Å²) >= 11 is 1.62. The maximum absolute atomic E-state index is 12.3. The number of rotatable bonds is 2. The van der Waals surface area contributed by atoms with Gasteiger partial charge in [0, 0.05) is 30.1 Å². The number of carbonyl (C=O) groups excluding carboxylic acids is 1. The first-order chi connectivity index (χ1) is 8.02. The number of aryl methyl sites for hydroxylation is 1. The van der Waals surface area contributed by atoms with Crippen molar-refractivity contribution in [3.63, 3.8) is 0 Å². The van der Waals surface area contributed by atoms with Gasteiger partial charge in [0.25, 0.3) is 5.91 Å². The monoisotopic (exact) mass is 252 g/mol. The predicted octanol–water partition coefficient (Wildman–Crippen LogP) is 2.13. The molecule has 0 bridgehead atoms. The summed E-state index contributed by atoms with van der Waals surface area (Å²) in [5, 5.41) is 3.42. The fourth-order valence-electron chi connectivity index (χ4n) is 2.15. The topological polar surface area (TPSA) is 32.3 Å². The van der Waals surface area contributed by atoms with Crippen molar-refractivity contribution < 1.29 is 4.79 Å².